The first kappa shape index (κ1) is 18.7. The van der Waals surface area contributed by atoms with Crippen LogP contribution >= 0.6 is 12.4 Å². The van der Waals surface area contributed by atoms with Crippen LogP contribution in [0.15, 0.2) is 18.3 Å². The predicted octanol–water partition coefficient (Wildman–Crippen LogP) is 1.57. The van der Waals surface area contributed by atoms with Crippen LogP contribution in [0.2, 0.25) is 0 Å². The number of aromatic nitrogens is 3. The van der Waals surface area contributed by atoms with Gasteiger partial charge in [-0.05, 0) is 43.2 Å². The van der Waals surface area contributed by atoms with Crippen LogP contribution in [-0.4, -0.2) is 67.8 Å². The molecule has 3 aliphatic heterocycles. The van der Waals surface area contributed by atoms with E-state index in [1.165, 1.54) is 0 Å². The van der Waals surface area contributed by atoms with Crippen LogP contribution in [0.3, 0.4) is 0 Å². The van der Waals surface area contributed by atoms with E-state index in [4.69, 9.17) is 0 Å². The molecule has 27 heavy (non-hydrogen) atoms. The highest BCUT2D eigenvalue weighted by atomic mass is 35.5. The molecule has 146 valence electrons. The second-order valence-electron chi connectivity index (χ2n) is 8.04. The summed E-state index contributed by atoms with van der Waals surface area (Å²) in [7, 11) is 0. The first-order valence-electron chi connectivity index (χ1n) is 9.67. The zero-order valence-electron chi connectivity index (χ0n) is 15.3. The Morgan fingerprint density at radius 3 is 3.00 bits per heavy atom. The standard InChI is InChI=1S/C19H25N5O2.ClH/c25-11-17-13-7-12(16-4-1-5-18(26)24(16)17)8-23(9-13)10-15-14-3-2-6-20-19(14)22-21-15;/h2-3,6,12-13,16-17,25H,1,4-5,7-11H2,(H,20,21,22);1H/t12-,13+,16+,17+;/m1./s1. The van der Waals surface area contributed by atoms with Gasteiger partial charge in [0.2, 0.25) is 5.91 Å². The predicted molar refractivity (Wildman–Crippen MR) is 103 cm³/mol. The number of carbonyl (C=O) groups excluding carboxylic acids is 1. The van der Waals surface area contributed by atoms with E-state index >= 15 is 0 Å². The molecule has 2 aromatic heterocycles. The van der Waals surface area contributed by atoms with Gasteiger partial charge in [0.05, 0.1) is 18.3 Å². The van der Waals surface area contributed by atoms with E-state index in [9.17, 15) is 9.90 Å². The molecule has 4 atom stereocenters. The fourth-order valence-electron chi connectivity index (χ4n) is 5.48. The molecule has 3 saturated heterocycles. The summed E-state index contributed by atoms with van der Waals surface area (Å²) < 4.78 is 0. The van der Waals surface area contributed by atoms with E-state index < -0.39 is 0 Å². The lowest BCUT2D eigenvalue weighted by molar-refractivity contribution is -0.155. The minimum atomic E-state index is -0.0213. The van der Waals surface area contributed by atoms with Crippen molar-refractivity contribution >= 4 is 29.3 Å². The lowest BCUT2D eigenvalue weighted by atomic mass is 9.72. The molecule has 0 aromatic carbocycles. The van der Waals surface area contributed by atoms with Crippen molar-refractivity contribution in [1.29, 1.82) is 0 Å². The Kier molecular flexibility index (Phi) is 5.09. The van der Waals surface area contributed by atoms with Crippen LogP contribution in [-0.2, 0) is 11.3 Å². The van der Waals surface area contributed by atoms with Crippen molar-refractivity contribution in [3.05, 3.63) is 24.0 Å². The third kappa shape index (κ3) is 3.11. The quantitative estimate of drug-likeness (QED) is 0.829. The lowest BCUT2D eigenvalue weighted by Gasteiger charge is -2.56. The summed E-state index contributed by atoms with van der Waals surface area (Å²) in [5.74, 6) is 1.10. The molecule has 0 radical (unpaired) electrons. The summed E-state index contributed by atoms with van der Waals surface area (Å²) in [5.41, 5.74) is 1.86. The van der Waals surface area contributed by atoms with Gasteiger partial charge in [0, 0.05) is 43.7 Å². The lowest BCUT2D eigenvalue weighted by Crippen LogP contribution is -2.65. The Hall–Kier alpha value is -1.70. The van der Waals surface area contributed by atoms with Gasteiger partial charge in [-0.15, -0.1) is 12.4 Å². The fraction of sp³-hybridized carbons (Fsp3) is 0.632. The van der Waals surface area contributed by atoms with Crippen LogP contribution in [0.5, 0.6) is 0 Å². The first-order valence-corrected chi connectivity index (χ1v) is 9.67. The monoisotopic (exact) mass is 391 g/mol. The summed E-state index contributed by atoms with van der Waals surface area (Å²) >= 11 is 0. The smallest absolute Gasteiger partial charge is 0.223 e. The van der Waals surface area contributed by atoms with E-state index in [0.29, 0.717) is 24.3 Å². The molecule has 0 aliphatic carbocycles. The molecule has 1 amide bonds. The maximum Gasteiger partial charge on any atom is 0.223 e. The van der Waals surface area contributed by atoms with Crippen LogP contribution in [0.4, 0.5) is 0 Å². The molecule has 0 unspecified atom stereocenters. The maximum absolute atomic E-state index is 12.5. The van der Waals surface area contributed by atoms with Crippen LogP contribution in [0, 0.1) is 11.8 Å². The SMILES string of the molecule is Cl.O=C1CCC[C@H]2[C@@H]3C[C@@H](CN(Cc4[nH]nc5ncccc45)C3)[C@H](CO)N12. The molecule has 2 bridgehead atoms. The number of hydrogen-bond donors (Lipinski definition) is 2. The van der Waals surface area contributed by atoms with E-state index in [1.54, 1.807) is 6.20 Å². The Morgan fingerprint density at radius 1 is 1.30 bits per heavy atom. The summed E-state index contributed by atoms with van der Waals surface area (Å²) in [6, 6.07) is 4.28. The zero-order chi connectivity index (χ0) is 17.7. The van der Waals surface area contributed by atoms with E-state index in [2.05, 4.69) is 31.0 Å². The summed E-state index contributed by atoms with van der Waals surface area (Å²) in [6.45, 7) is 2.81. The van der Waals surface area contributed by atoms with Crippen LogP contribution in [0.25, 0.3) is 11.0 Å². The van der Waals surface area contributed by atoms with Crippen molar-refractivity contribution in [3.8, 4) is 0 Å². The molecule has 3 fully saturated rings. The van der Waals surface area contributed by atoms with Crippen molar-refractivity contribution in [1.82, 2.24) is 25.0 Å². The number of rotatable bonds is 3. The maximum atomic E-state index is 12.5. The number of pyridine rings is 1. The van der Waals surface area contributed by atoms with Gasteiger partial charge in [-0.1, -0.05) is 0 Å². The average molecular weight is 392 g/mol. The number of nitrogens with one attached hydrogen (secondary N) is 1. The number of aromatic amines is 1. The molecule has 8 heteroatoms. The molecular weight excluding hydrogens is 366 g/mol. The first-order chi connectivity index (χ1) is 12.7. The molecule has 2 aromatic rings. The molecule has 5 rings (SSSR count). The Bertz CT molecular complexity index is 813. The highest BCUT2D eigenvalue weighted by Crippen LogP contribution is 2.41. The number of H-pyrrole nitrogens is 1. The number of hydrogen-bond acceptors (Lipinski definition) is 5. The van der Waals surface area contributed by atoms with Crippen LogP contribution < -0.4 is 0 Å². The van der Waals surface area contributed by atoms with Gasteiger partial charge in [-0.25, -0.2) is 4.98 Å². The summed E-state index contributed by atoms with van der Waals surface area (Å²) in [4.78, 5) is 21.3. The number of carbonyl (C=O) groups is 1. The zero-order valence-corrected chi connectivity index (χ0v) is 16.1. The summed E-state index contributed by atoms with van der Waals surface area (Å²) in [5, 5.41) is 18.5. The number of fused-ring (bicyclic) bond motifs is 5. The van der Waals surface area contributed by atoms with Crippen molar-refractivity contribution in [2.75, 3.05) is 19.7 Å². The van der Waals surface area contributed by atoms with Gasteiger partial charge in [0.15, 0.2) is 5.65 Å². The van der Waals surface area contributed by atoms with Gasteiger partial charge in [0.25, 0.3) is 0 Å². The minimum Gasteiger partial charge on any atom is -0.394 e. The van der Waals surface area contributed by atoms with Crippen molar-refractivity contribution in [2.45, 2.75) is 44.3 Å². The fourth-order valence-corrected chi connectivity index (χ4v) is 5.48. The van der Waals surface area contributed by atoms with E-state index in [1.807, 2.05) is 6.07 Å². The molecule has 0 saturated carbocycles. The molecule has 2 N–H and O–H groups in total. The third-order valence-corrected chi connectivity index (χ3v) is 6.55. The molecule has 0 spiro atoms. The van der Waals surface area contributed by atoms with Crippen molar-refractivity contribution < 1.29 is 9.90 Å². The van der Waals surface area contributed by atoms with Crippen molar-refractivity contribution in [3.63, 3.8) is 0 Å². The normalized spacial score (nSPS) is 30.9. The number of aliphatic hydroxyl groups is 1. The van der Waals surface area contributed by atoms with Gasteiger partial charge < -0.3 is 10.0 Å². The second kappa shape index (κ2) is 7.37. The average Bonchev–Trinajstić information content (AvgIpc) is 3.06. The largest absolute Gasteiger partial charge is 0.394 e. The Balaban J connectivity index is 0.00000180. The van der Waals surface area contributed by atoms with Crippen LogP contribution in [0.1, 0.15) is 31.4 Å². The Morgan fingerprint density at radius 2 is 2.15 bits per heavy atom. The molecule has 3 aliphatic rings. The second-order valence-corrected chi connectivity index (χ2v) is 8.04. The van der Waals surface area contributed by atoms with Gasteiger partial charge in [-0.3, -0.25) is 14.8 Å². The molecular formula is C19H26ClN5O2. The number of halogens is 1. The number of amides is 1. The molecule has 5 heterocycles. The van der Waals surface area contributed by atoms with E-state index in [0.717, 1.165) is 55.6 Å². The number of nitrogens with zero attached hydrogens (tertiary/aromatic N) is 4. The van der Waals surface area contributed by atoms with Gasteiger partial charge in [-0.2, -0.15) is 5.10 Å². The summed E-state index contributed by atoms with van der Waals surface area (Å²) in [6.07, 6.45) is 5.59. The highest BCUT2D eigenvalue weighted by molar-refractivity contribution is 5.85. The van der Waals surface area contributed by atoms with E-state index in [-0.39, 0.29) is 31.0 Å². The topological polar surface area (TPSA) is 85.3 Å². The van der Waals surface area contributed by atoms with Crippen molar-refractivity contribution in [2.24, 2.45) is 11.8 Å². The number of likely N-dealkylation sites (tertiary alicyclic amines) is 1. The molecule has 7 nitrogen and oxygen atoms in total. The highest BCUT2D eigenvalue weighted by Gasteiger charge is 2.49. The minimum absolute atomic E-state index is 0. The number of piperidine rings is 3. The van der Waals surface area contributed by atoms with Gasteiger partial charge in [0.1, 0.15) is 0 Å². The third-order valence-electron chi connectivity index (χ3n) is 6.55. The number of aliphatic hydroxyl groups excluding tert-OH is 1. The van der Waals surface area contributed by atoms with Gasteiger partial charge >= 0.3 is 0 Å². The Labute approximate surface area is 164 Å².